The summed E-state index contributed by atoms with van der Waals surface area (Å²) in [4.78, 5) is 20.7. The molecule has 2 heterocycles. The van der Waals surface area contributed by atoms with Gasteiger partial charge in [-0.05, 0) is 24.3 Å². The van der Waals surface area contributed by atoms with Crippen LogP contribution in [0.4, 0.5) is 5.82 Å². The van der Waals surface area contributed by atoms with Crippen LogP contribution in [0.1, 0.15) is 10.4 Å². The van der Waals surface area contributed by atoms with Gasteiger partial charge in [-0.15, -0.1) is 0 Å². The molecular weight excluding hydrogens is 292 g/mol. The van der Waals surface area contributed by atoms with Gasteiger partial charge in [0.25, 0.3) is 0 Å². The maximum absolute atomic E-state index is 11.7. The summed E-state index contributed by atoms with van der Waals surface area (Å²) in [6, 6.07) is 16.6. The zero-order chi connectivity index (χ0) is 16.0. The summed E-state index contributed by atoms with van der Waals surface area (Å²) in [5.74, 6) is -0.999. The van der Waals surface area contributed by atoms with Crippen LogP contribution >= 0.6 is 0 Å². The van der Waals surface area contributed by atoms with Gasteiger partial charge in [-0.1, -0.05) is 30.3 Å². The SMILES string of the molecule is Nc1c(C(=O)O)c2nc3ccccc3nc2n1-c1ccccc1. The van der Waals surface area contributed by atoms with Crippen molar-refractivity contribution in [3.8, 4) is 5.69 Å². The first-order chi connectivity index (χ1) is 11.2. The molecule has 0 aliphatic heterocycles. The van der Waals surface area contributed by atoms with Gasteiger partial charge >= 0.3 is 5.97 Å². The molecule has 0 saturated heterocycles. The van der Waals surface area contributed by atoms with E-state index in [1.807, 2.05) is 48.5 Å². The van der Waals surface area contributed by atoms with Crippen molar-refractivity contribution in [1.82, 2.24) is 14.5 Å². The van der Waals surface area contributed by atoms with Crippen LogP contribution in [0.3, 0.4) is 0 Å². The Hall–Kier alpha value is -3.41. The number of aromatic carboxylic acids is 1. The maximum Gasteiger partial charge on any atom is 0.341 e. The number of hydrogen-bond acceptors (Lipinski definition) is 4. The second-order valence-electron chi connectivity index (χ2n) is 5.12. The number of nitrogens with zero attached hydrogens (tertiary/aromatic N) is 3. The van der Waals surface area contributed by atoms with Gasteiger partial charge in [0, 0.05) is 5.69 Å². The number of aromatic nitrogens is 3. The van der Waals surface area contributed by atoms with Crippen LogP contribution in [0.25, 0.3) is 27.9 Å². The van der Waals surface area contributed by atoms with E-state index in [1.165, 1.54) is 0 Å². The van der Waals surface area contributed by atoms with Gasteiger partial charge in [0.15, 0.2) is 5.65 Å². The maximum atomic E-state index is 11.7. The molecule has 6 heteroatoms. The second-order valence-corrected chi connectivity index (χ2v) is 5.12. The minimum absolute atomic E-state index is 0.0258. The number of carbonyl (C=O) groups is 1. The monoisotopic (exact) mass is 304 g/mol. The van der Waals surface area contributed by atoms with Crippen LogP contribution < -0.4 is 5.73 Å². The molecule has 112 valence electrons. The first kappa shape index (κ1) is 13.3. The molecule has 2 aromatic carbocycles. The van der Waals surface area contributed by atoms with Crippen molar-refractivity contribution in [1.29, 1.82) is 0 Å². The first-order valence-electron chi connectivity index (χ1n) is 7.02. The van der Waals surface area contributed by atoms with Gasteiger partial charge in [-0.25, -0.2) is 14.8 Å². The summed E-state index contributed by atoms with van der Waals surface area (Å²) in [6.07, 6.45) is 0. The highest BCUT2D eigenvalue weighted by atomic mass is 16.4. The molecule has 0 saturated carbocycles. The summed E-state index contributed by atoms with van der Waals surface area (Å²) >= 11 is 0. The molecule has 0 spiro atoms. The number of benzene rings is 2. The summed E-state index contributed by atoms with van der Waals surface area (Å²) in [5, 5.41) is 9.53. The number of fused-ring (bicyclic) bond motifs is 2. The Morgan fingerprint density at radius 1 is 0.957 bits per heavy atom. The Balaban J connectivity index is 2.19. The molecular formula is C17H12N4O2. The number of nitrogens with two attached hydrogens (primary N) is 1. The number of anilines is 1. The number of carboxylic acid groups (broad SMARTS) is 1. The van der Waals surface area contributed by atoms with E-state index in [0.717, 1.165) is 5.69 Å². The zero-order valence-electron chi connectivity index (χ0n) is 12.0. The predicted octanol–water partition coefficient (Wildman–Crippen LogP) is 2.85. The van der Waals surface area contributed by atoms with E-state index in [4.69, 9.17) is 5.73 Å². The van der Waals surface area contributed by atoms with Gasteiger partial charge in [0.2, 0.25) is 0 Å². The van der Waals surface area contributed by atoms with Crippen LogP contribution in [0.15, 0.2) is 54.6 Å². The standard InChI is InChI=1S/C17H12N4O2/c18-15-13(17(22)23)14-16(21(15)10-6-2-1-3-7-10)20-12-9-5-4-8-11(12)19-14/h1-9H,18H2,(H,22,23). The third-order valence-corrected chi connectivity index (χ3v) is 3.73. The molecule has 0 aliphatic carbocycles. The molecule has 3 N–H and O–H groups in total. The van der Waals surface area contributed by atoms with Crippen LogP contribution in [0.2, 0.25) is 0 Å². The van der Waals surface area contributed by atoms with Crippen LogP contribution in [-0.2, 0) is 0 Å². The highest BCUT2D eigenvalue weighted by Crippen LogP contribution is 2.30. The molecule has 2 aromatic heterocycles. The van der Waals surface area contributed by atoms with E-state index in [2.05, 4.69) is 9.97 Å². The van der Waals surface area contributed by atoms with Crippen LogP contribution in [0.5, 0.6) is 0 Å². The fraction of sp³-hybridized carbons (Fsp3) is 0. The zero-order valence-corrected chi connectivity index (χ0v) is 12.0. The van der Waals surface area contributed by atoms with Gasteiger partial charge in [-0.2, -0.15) is 0 Å². The summed E-state index contributed by atoms with van der Waals surface area (Å²) in [7, 11) is 0. The van der Waals surface area contributed by atoms with Crippen molar-refractivity contribution in [2.45, 2.75) is 0 Å². The highest BCUT2D eigenvalue weighted by molar-refractivity contribution is 6.08. The molecule has 0 amide bonds. The number of para-hydroxylation sites is 3. The molecule has 0 aliphatic rings. The van der Waals surface area contributed by atoms with E-state index in [9.17, 15) is 9.90 Å². The summed E-state index contributed by atoms with van der Waals surface area (Å²) < 4.78 is 1.62. The van der Waals surface area contributed by atoms with Gasteiger partial charge in [0.1, 0.15) is 16.9 Å². The topological polar surface area (TPSA) is 94.0 Å². The van der Waals surface area contributed by atoms with Crippen LogP contribution in [-0.4, -0.2) is 25.6 Å². The van der Waals surface area contributed by atoms with Gasteiger partial charge in [-0.3, -0.25) is 4.57 Å². The largest absolute Gasteiger partial charge is 0.477 e. The van der Waals surface area contributed by atoms with E-state index < -0.39 is 5.97 Å². The van der Waals surface area contributed by atoms with Gasteiger partial charge < -0.3 is 10.8 Å². The number of nitrogen functional groups attached to an aromatic ring is 1. The lowest BCUT2D eigenvalue weighted by molar-refractivity contribution is 0.0700. The van der Waals surface area contributed by atoms with E-state index >= 15 is 0 Å². The first-order valence-corrected chi connectivity index (χ1v) is 7.02. The minimum atomic E-state index is -1.12. The third-order valence-electron chi connectivity index (χ3n) is 3.73. The van der Waals surface area contributed by atoms with Crippen molar-refractivity contribution < 1.29 is 9.90 Å². The lowest BCUT2D eigenvalue weighted by Crippen LogP contribution is -2.05. The Labute approximate surface area is 130 Å². The van der Waals surface area contributed by atoms with Crippen molar-refractivity contribution in [3.63, 3.8) is 0 Å². The summed E-state index contributed by atoms with van der Waals surface area (Å²) in [5.41, 5.74) is 8.87. The molecule has 4 rings (SSSR count). The molecule has 0 unspecified atom stereocenters. The number of hydrogen-bond donors (Lipinski definition) is 2. The highest BCUT2D eigenvalue weighted by Gasteiger charge is 2.24. The quantitative estimate of drug-likeness (QED) is 0.594. The molecule has 4 aromatic rings. The number of carboxylic acids is 1. The van der Waals surface area contributed by atoms with Crippen molar-refractivity contribution in [2.24, 2.45) is 0 Å². The van der Waals surface area contributed by atoms with E-state index in [0.29, 0.717) is 16.7 Å². The molecule has 0 atom stereocenters. The lowest BCUT2D eigenvalue weighted by Gasteiger charge is -2.07. The average Bonchev–Trinajstić information content (AvgIpc) is 2.84. The smallest absolute Gasteiger partial charge is 0.341 e. The Morgan fingerprint density at radius 3 is 2.22 bits per heavy atom. The minimum Gasteiger partial charge on any atom is -0.477 e. The average molecular weight is 304 g/mol. The summed E-state index contributed by atoms with van der Waals surface area (Å²) in [6.45, 7) is 0. The molecule has 0 radical (unpaired) electrons. The fourth-order valence-electron chi connectivity index (χ4n) is 2.71. The van der Waals surface area contributed by atoms with E-state index in [-0.39, 0.29) is 16.9 Å². The van der Waals surface area contributed by atoms with E-state index in [1.54, 1.807) is 10.6 Å². The Morgan fingerprint density at radius 2 is 1.57 bits per heavy atom. The Bertz CT molecular complexity index is 1050. The molecule has 0 bridgehead atoms. The van der Waals surface area contributed by atoms with Crippen LogP contribution in [0, 0.1) is 0 Å². The van der Waals surface area contributed by atoms with Crippen molar-refractivity contribution in [2.75, 3.05) is 5.73 Å². The van der Waals surface area contributed by atoms with Crippen molar-refractivity contribution in [3.05, 3.63) is 60.2 Å². The molecule has 23 heavy (non-hydrogen) atoms. The third kappa shape index (κ3) is 1.92. The fourth-order valence-corrected chi connectivity index (χ4v) is 2.71. The molecule has 6 nitrogen and oxygen atoms in total. The molecule has 0 fully saturated rings. The van der Waals surface area contributed by atoms with Crippen molar-refractivity contribution >= 4 is 34.0 Å². The number of rotatable bonds is 2. The van der Waals surface area contributed by atoms with Gasteiger partial charge in [0.05, 0.1) is 11.0 Å². The lowest BCUT2D eigenvalue weighted by atomic mass is 10.2. The predicted molar refractivity (Wildman–Crippen MR) is 87.7 cm³/mol. The second kappa shape index (κ2) is 4.81. The normalized spacial score (nSPS) is 11.1. The Kier molecular flexibility index (Phi) is 2.77.